The van der Waals surface area contributed by atoms with Crippen LogP contribution in [-0.4, -0.2) is 60.2 Å². The van der Waals surface area contributed by atoms with Gasteiger partial charge in [-0.25, -0.2) is 4.39 Å². The Labute approximate surface area is 243 Å². The molecule has 42 heavy (non-hydrogen) atoms. The maximum absolute atomic E-state index is 13.1. The molecule has 0 radical (unpaired) electrons. The minimum absolute atomic E-state index is 0.00470. The van der Waals surface area contributed by atoms with Gasteiger partial charge in [0.1, 0.15) is 29.0 Å². The molecule has 0 saturated carbocycles. The summed E-state index contributed by atoms with van der Waals surface area (Å²) < 4.78 is 49.3. The topological polar surface area (TPSA) is 156 Å². The second kappa shape index (κ2) is 13.5. The number of alkyl halides is 2. The van der Waals surface area contributed by atoms with Crippen molar-refractivity contribution < 1.29 is 32.2 Å². The molecule has 0 bridgehead atoms. The number of halogens is 3. The predicted octanol–water partition coefficient (Wildman–Crippen LogP) is 4.02. The molecule has 0 unspecified atom stereocenters. The zero-order chi connectivity index (χ0) is 30.4. The van der Waals surface area contributed by atoms with Crippen molar-refractivity contribution in [1.29, 1.82) is 5.41 Å². The highest BCUT2D eigenvalue weighted by Crippen LogP contribution is 2.28. The SMILES string of the molecule is C[C@@H](N=C(N)[C@@H]1C[C@@H](OC(F)F)CN1C(=O)CNC(=O)c1ccc(Oc2ccc(F)cc2)cc1)c1ccc(C(=N)N)s1. The lowest BCUT2D eigenvalue weighted by molar-refractivity contribution is -0.160. The number of amidine groups is 2. The van der Waals surface area contributed by atoms with E-state index >= 15 is 0 Å². The molecule has 2 amide bonds. The number of amides is 2. The van der Waals surface area contributed by atoms with Gasteiger partial charge >= 0.3 is 6.61 Å². The molecule has 1 fully saturated rings. The fraction of sp³-hybridized carbons (Fsp3) is 0.286. The van der Waals surface area contributed by atoms with Crippen molar-refractivity contribution in [3.8, 4) is 11.5 Å². The van der Waals surface area contributed by atoms with Crippen LogP contribution in [0.1, 0.15) is 39.5 Å². The quantitative estimate of drug-likeness (QED) is 0.192. The molecule has 1 aliphatic heterocycles. The zero-order valence-electron chi connectivity index (χ0n) is 22.4. The van der Waals surface area contributed by atoms with Crippen LogP contribution in [-0.2, 0) is 9.53 Å². The Morgan fingerprint density at radius 3 is 2.33 bits per heavy atom. The molecule has 222 valence electrons. The summed E-state index contributed by atoms with van der Waals surface area (Å²) in [5, 5.41) is 10.1. The summed E-state index contributed by atoms with van der Waals surface area (Å²) >= 11 is 1.27. The van der Waals surface area contributed by atoms with Gasteiger partial charge in [0, 0.05) is 23.4 Å². The summed E-state index contributed by atoms with van der Waals surface area (Å²) in [6, 6.07) is 13.7. The highest BCUT2D eigenvalue weighted by molar-refractivity contribution is 7.14. The van der Waals surface area contributed by atoms with Gasteiger partial charge in [0.2, 0.25) is 5.91 Å². The molecule has 4 rings (SSSR count). The van der Waals surface area contributed by atoms with Gasteiger partial charge in [-0.3, -0.25) is 20.0 Å². The Morgan fingerprint density at radius 1 is 1.10 bits per heavy atom. The smallest absolute Gasteiger partial charge is 0.345 e. The number of thiophene rings is 1. The fourth-order valence-corrected chi connectivity index (χ4v) is 5.22. The average molecular weight is 603 g/mol. The summed E-state index contributed by atoms with van der Waals surface area (Å²) in [7, 11) is 0. The van der Waals surface area contributed by atoms with Crippen molar-refractivity contribution in [3.05, 3.63) is 81.8 Å². The van der Waals surface area contributed by atoms with Crippen LogP contribution in [0.2, 0.25) is 0 Å². The first kappa shape index (κ1) is 30.5. The maximum Gasteiger partial charge on any atom is 0.345 e. The van der Waals surface area contributed by atoms with E-state index in [1.807, 2.05) is 0 Å². The minimum Gasteiger partial charge on any atom is -0.457 e. The van der Waals surface area contributed by atoms with E-state index in [2.05, 4.69) is 15.0 Å². The van der Waals surface area contributed by atoms with E-state index in [9.17, 15) is 22.8 Å². The number of carbonyl (C=O) groups is 2. The largest absolute Gasteiger partial charge is 0.457 e. The lowest BCUT2D eigenvalue weighted by atomic mass is 10.1. The van der Waals surface area contributed by atoms with Crippen LogP contribution >= 0.6 is 11.3 Å². The van der Waals surface area contributed by atoms with Gasteiger partial charge in [-0.15, -0.1) is 11.3 Å². The first-order valence-electron chi connectivity index (χ1n) is 12.8. The molecular weight excluding hydrogens is 573 g/mol. The van der Waals surface area contributed by atoms with Gasteiger partial charge in [0.05, 0.1) is 29.6 Å². The number of nitrogens with one attached hydrogen (secondary N) is 2. The number of nitrogens with two attached hydrogens (primary N) is 2. The third kappa shape index (κ3) is 7.85. The molecule has 1 saturated heterocycles. The molecule has 0 spiro atoms. The predicted molar refractivity (Wildman–Crippen MR) is 152 cm³/mol. The second-order valence-electron chi connectivity index (χ2n) is 9.43. The van der Waals surface area contributed by atoms with Crippen LogP contribution in [0.4, 0.5) is 13.2 Å². The van der Waals surface area contributed by atoms with Gasteiger partial charge in [0.15, 0.2) is 0 Å². The molecule has 1 aromatic heterocycles. The number of ether oxygens (including phenoxy) is 2. The number of likely N-dealkylation sites (tertiary alicyclic amines) is 1. The van der Waals surface area contributed by atoms with Crippen molar-refractivity contribution in [2.45, 2.75) is 38.1 Å². The summed E-state index contributed by atoms with van der Waals surface area (Å²) in [4.78, 5) is 32.9. The fourth-order valence-electron chi connectivity index (χ4n) is 4.37. The number of rotatable bonds is 11. The molecular formula is C28H29F3N6O4S. The summed E-state index contributed by atoms with van der Waals surface area (Å²) in [6.07, 6.45) is -0.969. The monoisotopic (exact) mass is 602 g/mol. The number of nitrogens with zero attached hydrogens (tertiary/aromatic N) is 2. The Balaban J connectivity index is 1.39. The average Bonchev–Trinajstić information content (AvgIpc) is 3.61. The Bertz CT molecular complexity index is 1450. The summed E-state index contributed by atoms with van der Waals surface area (Å²) in [5.41, 5.74) is 12.0. The highest BCUT2D eigenvalue weighted by atomic mass is 32.1. The lowest BCUT2D eigenvalue weighted by Gasteiger charge is -2.24. The van der Waals surface area contributed by atoms with Crippen LogP contribution in [0.5, 0.6) is 11.5 Å². The number of benzene rings is 2. The van der Waals surface area contributed by atoms with E-state index in [-0.39, 0.29) is 30.2 Å². The molecule has 3 aromatic rings. The number of hydrogen-bond acceptors (Lipinski definition) is 7. The molecule has 10 nitrogen and oxygen atoms in total. The van der Waals surface area contributed by atoms with E-state index in [1.165, 1.54) is 52.6 Å². The molecule has 2 heterocycles. The van der Waals surface area contributed by atoms with Crippen LogP contribution in [0.3, 0.4) is 0 Å². The molecule has 2 aromatic carbocycles. The molecule has 1 aliphatic rings. The van der Waals surface area contributed by atoms with Gasteiger partial charge in [0.25, 0.3) is 5.91 Å². The summed E-state index contributed by atoms with van der Waals surface area (Å²) in [5.74, 6) is -0.672. The molecule has 6 N–H and O–H groups in total. The van der Waals surface area contributed by atoms with Gasteiger partial charge in [-0.05, 0) is 67.6 Å². The Hall–Kier alpha value is -4.43. The zero-order valence-corrected chi connectivity index (χ0v) is 23.2. The number of carbonyl (C=O) groups excluding carboxylic acids is 2. The van der Waals surface area contributed by atoms with Crippen LogP contribution in [0.15, 0.2) is 65.7 Å². The van der Waals surface area contributed by atoms with Crippen molar-refractivity contribution in [2.24, 2.45) is 16.5 Å². The molecule has 3 atom stereocenters. The number of hydrogen-bond donors (Lipinski definition) is 4. The first-order chi connectivity index (χ1) is 20.0. The van der Waals surface area contributed by atoms with Gasteiger partial charge in [-0.2, -0.15) is 8.78 Å². The van der Waals surface area contributed by atoms with Gasteiger partial charge < -0.3 is 31.2 Å². The Morgan fingerprint density at radius 2 is 1.74 bits per heavy atom. The van der Waals surface area contributed by atoms with Gasteiger partial charge in [-0.1, -0.05) is 0 Å². The third-order valence-corrected chi connectivity index (χ3v) is 7.72. The normalized spacial score (nSPS) is 17.7. The van der Waals surface area contributed by atoms with Crippen molar-refractivity contribution in [1.82, 2.24) is 10.2 Å². The van der Waals surface area contributed by atoms with Crippen LogP contribution < -0.4 is 21.5 Å². The minimum atomic E-state index is -3.03. The van der Waals surface area contributed by atoms with Crippen LogP contribution in [0.25, 0.3) is 0 Å². The first-order valence-corrected chi connectivity index (χ1v) is 13.6. The number of aliphatic imine (C=N–C) groups is 1. The summed E-state index contributed by atoms with van der Waals surface area (Å²) in [6.45, 7) is -1.83. The van der Waals surface area contributed by atoms with E-state index in [4.69, 9.17) is 21.6 Å². The van der Waals surface area contributed by atoms with E-state index < -0.39 is 49.0 Å². The van der Waals surface area contributed by atoms with E-state index in [0.29, 0.717) is 16.4 Å². The second-order valence-corrected chi connectivity index (χ2v) is 10.5. The highest BCUT2D eigenvalue weighted by Gasteiger charge is 2.39. The van der Waals surface area contributed by atoms with E-state index in [0.717, 1.165) is 4.88 Å². The van der Waals surface area contributed by atoms with Crippen LogP contribution in [0, 0.1) is 11.2 Å². The molecule has 14 heteroatoms. The van der Waals surface area contributed by atoms with Crippen molar-refractivity contribution in [3.63, 3.8) is 0 Å². The lowest BCUT2D eigenvalue weighted by Crippen LogP contribution is -2.47. The Kier molecular flexibility index (Phi) is 9.80. The number of nitrogen functional groups attached to an aromatic ring is 1. The molecule has 0 aliphatic carbocycles. The standard InChI is InChI=1S/C28H29F3N6O4S/c1-15(22-10-11-23(42-22)25(32)33)36-26(34)21-12-20(41-28(30)31)14-37(21)24(38)13-35-27(39)16-2-6-18(7-3-16)40-19-8-4-17(29)5-9-19/h2-11,15,20-21,28H,12-14H2,1H3,(H3,32,33)(H2,34,36)(H,35,39)/t15-,20-,21+/m1/s1. The van der Waals surface area contributed by atoms with Crippen molar-refractivity contribution >= 4 is 34.8 Å². The van der Waals surface area contributed by atoms with Crippen molar-refractivity contribution in [2.75, 3.05) is 13.1 Å². The third-order valence-electron chi connectivity index (χ3n) is 6.43. The van der Waals surface area contributed by atoms with E-state index in [1.54, 1.807) is 31.2 Å². The maximum atomic E-state index is 13.1.